The summed E-state index contributed by atoms with van der Waals surface area (Å²) in [5.74, 6) is 0.915. The van der Waals surface area contributed by atoms with Crippen molar-refractivity contribution >= 4 is 11.6 Å². The number of anilines is 1. The van der Waals surface area contributed by atoms with Crippen molar-refractivity contribution in [2.75, 3.05) is 12.8 Å². The van der Waals surface area contributed by atoms with E-state index >= 15 is 0 Å². The molecule has 0 unspecified atom stereocenters. The van der Waals surface area contributed by atoms with Crippen LogP contribution in [-0.2, 0) is 6.42 Å². The molecule has 19 heavy (non-hydrogen) atoms. The molecular weight excluding hydrogens is 240 g/mol. The van der Waals surface area contributed by atoms with Crippen molar-refractivity contribution in [3.63, 3.8) is 0 Å². The number of aromatic nitrogens is 1. The van der Waals surface area contributed by atoms with E-state index in [9.17, 15) is 4.79 Å². The standard InChI is InChI=1S/C15H16N2O2/c1-10-7-12(15(16)17-9-10)13(18)8-11-5-3-4-6-14(11)19-2/h3-7,9H,8H2,1-2H3,(H2,16,17). The van der Waals surface area contributed by atoms with Gasteiger partial charge in [0.25, 0.3) is 0 Å². The predicted molar refractivity (Wildman–Crippen MR) is 74.4 cm³/mol. The second-order valence-corrected chi connectivity index (χ2v) is 4.36. The van der Waals surface area contributed by atoms with Crippen LogP contribution >= 0.6 is 0 Å². The number of hydrogen-bond acceptors (Lipinski definition) is 4. The second-order valence-electron chi connectivity index (χ2n) is 4.36. The molecular formula is C15H16N2O2. The normalized spacial score (nSPS) is 10.2. The molecule has 1 aromatic heterocycles. The molecule has 0 aliphatic carbocycles. The Labute approximate surface area is 112 Å². The second kappa shape index (κ2) is 5.52. The first kappa shape index (κ1) is 13.1. The summed E-state index contributed by atoms with van der Waals surface area (Å²) in [6, 6.07) is 9.22. The summed E-state index contributed by atoms with van der Waals surface area (Å²) in [5, 5.41) is 0. The van der Waals surface area contributed by atoms with Gasteiger partial charge < -0.3 is 10.5 Å². The number of carbonyl (C=O) groups excluding carboxylic acids is 1. The van der Waals surface area contributed by atoms with Crippen molar-refractivity contribution in [1.29, 1.82) is 0 Å². The number of aryl methyl sites for hydroxylation is 1. The molecule has 0 spiro atoms. The molecule has 4 heteroatoms. The van der Waals surface area contributed by atoms with Gasteiger partial charge in [0.2, 0.25) is 0 Å². The van der Waals surface area contributed by atoms with Gasteiger partial charge in [-0.2, -0.15) is 0 Å². The van der Waals surface area contributed by atoms with Crippen molar-refractivity contribution in [1.82, 2.24) is 4.98 Å². The number of nitrogen functional groups attached to an aromatic ring is 1. The van der Waals surface area contributed by atoms with Gasteiger partial charge in [0.05, 0.1) is 12.7 Å². The van der Waals surface area contributed by atoms with Crippen LogP contribution < -0.4 is 10.5 Å². The third-order valence-corrected chi connectivity index (χ3v) is 2.90. The number of ether oxygens (including phenoxy) is 1. The number of pyridine rings is 1. The highest BCUT2D eigenvalue weighted by Gasteiger charge is 2.14. The van der Waals surface area contributed by atoms with Gasteiger partial charge in [0.15, 0.2) is 5.78 Å². The zero-order valence-corrected chi connectivity index (χ0v) is 11.0. The lowest BCUT2D eigenvalue weighted by Crippen LogP contribution is -2.09. The van der Waals surface area contributed by atoms with Gasteiger partial charge in [-0.3, -0.25) is 4.79 Å². The number of Topliss-reactive ketones (excluding diaryl/α,β-unsaturated/α-hetero) is 1. The lowest BCUT2D eigenvalue weighted by Gasteiger charge is -2.08. The summed E-state index contributed by atoms with van der Waals surface area (Å²) in [7, 11) is 1.59. The Balaban J connectivity index is 2.28. The molecule has 0 aliphatic heterocycles. The number of hydrogen-bond donors (Lipinski definition) is 1. The molecule has 98 valence electrons. The average molecular weight is 256 g/mol. The minimum absolute atomic E-state index is 0.0572. The summed E-state index contributed by atoms with van der Waals surface area (Å²) in [6.07, 6.45) is 1.90. The molecule has 2 rings (SSSR count). The molecule has 0 atom stereocenters. The molecule has 0 fully saturated rings. The smallest absolute Gasteiger partial charge is 0.171 e. The monoisotopic (exact) mass is 256 g/mol. The molecule has 0 amide bonds. The van der Waals surface area contributed by atoms with Gasteiger partial charge in [0.1, 0.15) is 11.6 Å². The minimum Gasteiger partial charge on any atom is -0.496 e. The summed E-state index contributed by atoms with van der Waals surface area (Å²) in [4.78, 5) is 16.3. The van der Waals surface area contributed by atoms with Crippen LogP contribution in [0.15, 0.2) is 36.5 Å². The fourth-order valence-corrected chi connectivity index (χ4v) is 1.92. The molecule has 0 saturated carbocycles. The van der Waals surface area contributed by atoms with E-state index < -0.39 is 0 Å². The van der Waals surface area contributed by atoms with E-state index in [-0.39, 0.29) is 18.0 Å². The summed E-state index contributed by atoms with van der Waals surface area (Å²) in [6.45, 7) is 1.88. The number of nitrogens with zero attached hydrogens (tertiary/aromatic N) is 1. The number of benzene rings is 1. The maximum Gasteiger partial charge on any atom is 0.171 e. The SMILES string of the molecule is COc1ccccc1CC(=O)c1cc(C)cnc1N. The summed E-state index contributed by atoms with van der Waals surface area (Å²) >= 11 is 0. The lowest BCUT2D eigenvalue weighted by atomic mass is 10.0. The molecule has 2 aromatic rings. The molecule has 0 saturated heterocycles. The topological polar surface area (TPSA) is 65.2 Å². The Morgan fingerprint density at radius 2 is 2.11 bits per heavy atom. The van der Waals surface area contributed by atoms with E-state index in [1.165, 1.54) is 0 Å². The van der Waals surface area contributed by atoms with Crippen LogP contribution in [0.3, 0.4) is 0 Å². The van der Waals surface area contributed by atoms with Gasteiger partial charge >= 0.3 is 0 Å². The molecule has 4 nitrogen and oxygen atoms in total. The van der Waals surface area contributed by atoms with Crippen LogP contribution in [0.2, 0.25) is 0 Å². The van der Waals surface area contributed by atoms with Gasteiger partial charge in [-0.15, -0.1) is 0 Å². The number of ketones is 1. The highest BCUT2D eigenvalue weighted by atomic mass is 16.5. The predicted octanol–water partition coefficient (Wildman–Crippen LogP) is 2.41. The van der Waals surface area contributed by atoms with Crippen LogP contribution in [0.1, 0.15) is 21.5 Å². The van der Waals surface area contributed by atoms with Crippen LogP contribution in [0.4, 0.5) is 5.82 Å². The average Bonchev–Trinajstić information content (AvgIpc) is 2.42. The van der Waals surface area contributed by atoms with Gasteiger partial charge in [0, 0.05) is 18.2 Å². The Bertz CT molecular complexity index is 609. The van der Waals surface area contributed by atoms with Crippen molar-refractivity contribution < 1.29 is 9.53 Å². The minimum atomic E-state index is -0.0572. The molecule has 0 aliphatic rings. The van der Waals surface area contributed by atoms with Crippen molar-refractivity contribution in [3.05, 3.63) is 53.2 Å². The maximum atomic E-state index is 12.3. The Kier molecular flexibility index (Phi) is 3.80. The van der Waals surface area contributed by atoms with Crippen molar-refractivity contribution in [2.45, 2.75) is 13.3 Å². The highest BCUT2D eigenvalue weighted by Crippen LogP contribution is 2.21. The quantitative estimate of drug-likeness (QED) is 0.853. The van der Waals surface area contributed by atoms with E-state index in [1.807, 2.05) is 31.2 Å². The van der Waals surface area contributed by atoms with Gasteiger partial charge in [-0.1, -0.05) is 18.2 Å². The van der Waals surface area contributed by atoms with E-state index in [0.717, 1.165) is 11.1 Å². The number of methoxy groups -OCH3 is 1. The molecule has 0 bridgehead atoms. The van der Waals surface area contributed by atoms with E-state index in [1.54, 1.807) is 19.4 Å². The fraction of sp³-hybridized carbons (Fsp3) is 0.200. The highest BCUT2D eigenvalue weighted by molar-refractivity contribution is 6.01. The number of para-hydroxylation sites is 1. The Morgan fingerprint density at radius 3 is 2.84 bits per heavy atom. The zero-order valence-electron chi connectivity index (χ0n) is 11.0. The van der Waals surface area contributed by atoms with Crippen LogP contribution in [0.5, 0.6) is 5.75 Å². The molecule has 1 heterocycles. The zero-order chi connectivity index (χ0) is 13.8. The van der Waals surface area contributed by atoms with Gasteiger partial charge in [-0.25, -0.2) is 4.98 Å². The Hall–Kier alpha value is -2.36. The van der Waals surface area contributed by atoms with Crippen LogP contribution in [0.25, 0.3) is 0 Å². The first-order valence-electron chi connectivity index (χ1n) is 5.99. The van der Waals surface area contributed by atoms with Crippen molar-refractivity contribution in [3.8, 4) is 5.75 Å². The summed E-state index contributed by atoms with van der Waals surface area (Å²) in [5.41, 5.74) is 7.97. The lowest BCUT2D eigenvalue weighted by molar-refractivity contribution is 0.0992. The molecule has 2 N–H and O–H groups in total. The first-order valence-corrected chi connectivity index (χ1v) is 5.99. The van der Waals surface area contributed by atoms with Gasteiger partial charge in [-0.05, 0) is 24.6 Å². The first-order chi connectivity index (χ1) is 9.11. The van der Waals surface area contributed by atoms with E-state index in [2.05, 4.69) is 4.98 Å². The fourth-order valence-electron chi connectivity index (χ4n) is 1.92. The van der Waals surface area contributed by atoms with E-state index in [4.69, 9.17) is 10.5 Å². The van der Waals surface area contributed by atoms with Crippen LogP contribution in [0, 0.1) is 6.92 Å². The maximum absolute atomic E-state index is 12.3. The third-order valence-electron chi connectivity index (χ3n) is 2.90. The number of nitrogens with two attached hydrogens (primary N) is 1. The van der Waals surface area contributed by atoms with Crippen molar-refractivity contribution in [2.24, 2.45) is 0 Å². The molecule has 0 radical (unpaired) electrons. The number of rotatable bonds is 4. The van der Waals surface area contributed by atoms with Crippen LogP contribution in [-0.4, -0.2) is 17.9 Å². The number of carbonyl (C=O) groups is 1. The van der Waals surface area contributed by atoms with E-state index in [0.29, 0.717) is 11.3 Å². The summed E-state index contributed by atoms with van der Waals surface area (Å²) < 4.78 is 5.24. The third kappa shape index (κ3) is 2.91. The Morgan fingerprint density at radius 1 is 1.37 bits per heavy atom. The molecule has 1 aromatic carbocycles. The largest absolute Gasteiger partial charge is 0.496 e.